The number of fused-ring (bicyclic) bond motifs is 1. The Morgan fingerprint density at radius 1 is 1.04 bits per heavy atom. The lowest BCUT2D eigenvalue weighted by molar-refractivity contribution is 0.102. The summed E-state index contributed by atoms with van der Waals surface area (Å²) in [5.74, 6) is -0.146. The first-order valence-corrected chi connectivity index (χ1v) is 10.1. The summed E-state index contributed by atoms with van der Waals surface area (Å²) in [6, 6.07) is 20.9. The molecule has 3 nitrogen and oxygen atoms in total. The maximum absolute atomic E-state index is 12.5. The average molecular weight is 491 g/mol. The fraction of sp³-hybridized carbons (Fsp3) is 0. The number of amides is 1. The van der Waals surface area contributed by atoms with E-state index in [2.05, 4.69) is 32.9 Å². The molecule has 26 heavy (non-hydrogen) atoms. The largest absolute Gasteiger partial charge is 0.322 e. The number of para-hydroxylation sites is 1. The van der Waals surface area contributed by atoms with Crippen LogP contribution in [0.15, 0.2) is 66.7 Å². The van der Waals surface area contributed by atoms with Crippen LogP contribution in [-0.4, -0.2) is 10.9 Å². The van der Waals surface area contributed by atoms with Crippen molar-refractivity contribution in [1.29, 1.82) is 0 Å². The van der Waals surface area contributed by atoms with Crippen molar-refractivity contribution in [1.82, 2.24) is 4.98 Å². The number of hydrogen-bond donors (Lipinski definition) is 1. The fourth-order valence-corrected chi connectivity index (χ4v) is 4.49. The van der Waals surface area contributed by atoms with Crippen molar-refractivity contribution in [2.45, 2.75) is 0 Å². The van der Waals surface area contributed by atoms with Crippen molar-refractivity contribution in [2.24, 2.45) is 0 Å². The zero-order chi connectivity index (χ0) is 18.1. The molecule has 0 aliphatic heterocycles. The minimum Gasteiger partial charge on any atom is -0.322 e. The van der Waals surface area contributed by atoms with Gasteiger partial charge in [-0.2, -0.15) is 0 Å². The summed E-state index contributed by atoms with van der Waals surface area (Å²) >= 11 is 10.1. The van der Waals surface area contributed by atoms with Gasteiger partial charge in [-0.25, -0.2) is 4.98 Å². The lowest BCUT2D eigenvalue weighted by atomic mass is 10.1. The first kappa shape index (κ1) is 17.5. The topological polar surface area (TPSA) is 42.0 Å². The number of anilines is 1. The number of hydrogen-bond acceptors (Lipinski definition) is 3. The van der Waals surface area contributed by atoms with Crippen molar-refractivity contribution >= 4 is 67.3 Å². The van der Waals surface area contributed by atoms with E-state index in [-0.39, 0.29) is 5.91 Å². The molecule has 1 heterocycles. The van der Waals surface area contributed by atoms with Crippen molar-refractivity contribution in [3.05, 3.63) is 80.9 Å². The molecule has 0 saturated heterocycles. The summed E-state index contributed by atoms with van der Waals surface area (Å²) in [6.45, 7) is 0. The quantitative estimate of drug-likeness (QED) is 0.334. The Labute approximate surface area is 173 Å². The van der Waals surface area contributed by atoms with Crippen LogP contribution in [0.25, 0.3) is 20.8 Å². The van der Waals surface area contributed by atoms with Gasteiger partial charge in [0, 0.05) is 14.8 Å². The van der Waals surface area contributed by atoms with Crippen LogP contribution in [0.3, 0.4) is 0 Å². The van der Waals surface area contributed by atoms with E-state index in [4.69, 9.17) is 11.6 Å². The van der Waals surface area contributed by atoms with Gasteiger partial charge in [-0.15, -0.1) is 11.3 Å². The third kappa shape index (κ3) is 3.47. The van der Waals surface area contributed by atoms with Crippen molar-refractivity contribution < 1.29 is 4.79 Å². The van der Waals surface area contributed by atoms with Crippen molar-refractivity contribution in [3.8, 4) is 10.6 Å². The molecule has 0 bridgehead atoms. The van der Waals surface area contributed by atoms with Gasteiger partial charge < -0.3 is 5.32 Å². The van der Waals surface area contributed by atoms with Crippen molar-refractivity contribution in [3.63, 3.8) is 0 Å². The van der Waals surface area contributed by atoms with E-state index >= 15 is 0 Å². The number of nitrogens with one attached hydrogen (secondary N) is 1. The number of halogens is 2. The van der Waals surface area contributed by atoms with E-state index in [1.807, 2.05) is 54.6 Å². The third-order valence-corrected chi connectivity index (χ3v) is 6.21. The first-order chi connectivity index (χ1) is 12.6. The molecule has 4 rings (SSSR count). The first-order valence-electron chi connectivity index (χ1n) is 7.83. The predicted molar refractivity (Wildman–Crippen MR) is 117 cm³/mol. The van der Waals surface area contributed by atoms with Gasteiger partial charge in [0.25, 0.3) is 5.91 Å². The number of rotatable bonds is 3. The molecular weight excluding hydrogens is 479 g/mol. The van der Waals surface area contributed by atoms with Gasteiger partial charge in [0.2, 0.25) is 0 Å². The Kier molecular flexibility index (Phi) is 4.93. The highest BCUT2D eigenvalue weighted by molar-refractivity contribution is 14.1. The maximum Gasteiger partial charge on any atom is 0.256 e. The van der Waals surface area contributed by atoms with Crippen LogP contribution in [0.5, 0.6) is 0 Å². The van der Waals surface area contributed by atoms with Gasteiger partial charge in [-0.1, -0.05) is 35.9 Å². The average Bonchev–Trinajstić information content (AvgIpc) is 3.07. The number of benzene rings is 3. The van der Waals surface area contributed by atoms with E-state index in [0.717, 1.165) is 24.4 Å². The molecule has 0 atom stereocenters. The standard InChI is InChI=1S/C20H12ClIN2OS/c21-15-10-9-12(23-19(25)13-5-1-2-6-16(13)22)11-14(15)20-24-17-7-3-4-8-18(17)26-20/h1-11H,(H,23,25). The Morgan fingerprint density at radius 3 is 2.62 bits per heavy atom. The van der Waals surface area contributed by atoms with Gasteiger partial charge in [0.05, 0.1) is 20.8 Å². The van der Waals surface area contributed by atoms with Crippen LogP contribution in [-0.2, 0) is 0 Å². The SMILES string of the molecule is O=C(Nc1ccc(Cl)c(-c2nc3ccccc3s2)c1)c1ccccc1I. The summed E-state index contributed by atoms with van der Waals surface area (Å²) in [7, 11) is 0. The van der Waals surface area contributed by atoms with Gasteiger partial charge in [-0.3, -0.25) is 4.79 Å². The monoisotopic (exact) mass is 490 g/mol. The van der Waals surface area contributed by atoms with Crippen LogP contribution in [0, 0.1) is 3.57 Å². The Bertz CT molecular complexity index is 1090. The lowest BCUT2D eigenvalue weighted by Crippen LogP contribution is -2.13. The number of carbonyl (C=O) groups is 1. The summed E-state index contributed by atoms with van der Waals surface area (Å²) in [6.07, 6.45) is 0. The smallest absolute Gasteiger partial charge is 0.256 e. The molecule has 0 spiro atoms. The Balaban J connectivity index is 1.68. The highest BCUT2D eigenvalue weighted by Gasteiger charge is 2.13. The molecule has 0 unspecified atom stereocenters. The lowest BCUT2D eigenvalue weighted by Gasteiger charge is -2.09. The van der Waals surface area contributed by atoms with E-state index in [1.165, 1.54) is 0 Å². The van der Waals surface area contributed by atoms with Crippen molar-refractivity contribution in [2.75, 3.05) is 5.32 Å². The molecule has 128 valence electrons. The predicted octanol–water partition coefficient (Wildman–Crippen LogP) is 6.47. The van der Waals surface area contributed by atoms with Crippen LogP contribution >= 0.6 is 45.5 Å². The number of aromatic nitrogens is 1. The second kappa shape index (κ2) is 7.34. The molecule has 0 aliphatic carbocycles. The van der Waals surface area contributed by atoms with Gasteiger partial charge in [0.1, 0.15) is 5.01 Å². The normalized spacial score (nSPS) is 10.8. The maximum atomic E-state index is 12.5. The molecular formula is C20H12ClIN2OS. The zero-order valence-corrected chi connectivity index (χ0v) is 17.1. The molecule has 0 fully saturated rings. The Morgan fingerprint density at radius 2 is 1.81 bits per heavy atom. The molecule has 4 aromatic rings. The third-order valence-electron chi connectivity index (χ3n) is 3.87. The highest BCUT2D eigenvalue weighted by Crippen LogP contribution is 2.36. The van der Waals surface area contributed by atoms with E-state index in [9.17, 15) is 4.79 Å². The van der Waals surface area contributed by atoms with Crippen LogP contribution < -0.4 is 5.32 Å². The Hall–Kier alpha value is -1.96. The van der Waals surface area contributed by atoms with Gasteiger partial charge >= 0.3 is 0 Å². The molecule has 0 radical (unpaired) electrons. The minimum atomic E-state index is -0.146. The summed E-state index contributed by atoms with van der Waals surface area (Å²) in [5, 5.41) is 4.39. The summed E-state index contributed by atoms with van der Waals surface area (Å²) in [4.78, 5) is 17.2. The molecule has 1 amide bonds. The van der Waals surface area contributed by atoms with Gasteiger partial charge in [0.15, 0.2) is 0 Å². The number of thiazole rings is 1. The molecule has 0 saturated carbocycles. The van der Waals surface area contributed by atoms with Crippen LogP contribution in [0.1, 0.15) is 10.4 Å². The molecule has 3 aromatic carbocycles. The second-order valence-corrected chi connectivity index (χ2v) is 8.22. The second-order valence-electron chi connectivity index (χ2n) is 5.62. The molecule has 1 N–H and O–H groups in total. The molecule has 0 aliphatic rings. The number of carbonyl (C=O) groups excluding carboxylic acids is 1. The molecule has 1 aromatic heterocycles. The fourth-order valence-electron chi connectivity index (χ4n) is 2.60. The highest BCUT2D eigenvalue weighted by atomic mass is 127. The summed E-state index contributed by atoms with van der Waals surface area (Å²) in [5.41, 5.74) is 3.09. The van der Waals surface area contributed by atoms with Crippen LogP contribution in [0.2, 0.25) is 5.02 Å². The number of nitrogens with zero attached hydrogens (tertiary/aromatic N) is 1. The zero-order valence-electron chi connectivity index (χ0n) is 13.4. The van der Waals surface area contributed by atoms with Gasteiger partial charge in [-0.05, 0) is 65.1 Å². The van der Waals surface area contributed by atoms with E-state index < -0.39 is 0 Å². The molecule has 6 heteroatoms. The van der Waals surface area contributed by atoms with Crippen LogP contribution in [0.4, 0.5) is 5.69 Å². The van der Waals surface area contributed by atoms with E-state index in [1.54, 1.807) is 23.5 Å². The van der Waals surface area contributed by atoms with E-state index in [0.29, 0.717) is 16.3 Å². The summed E-state index contributed by atoms with van der Waals surface area (Å²) < 4.78 is 2.01. The minimum absolute atomic E-state index is 0.146.